The largest absolute Gasteiger partial charge is 0.462 e. The number of anilines is 1. The summed E-state index contributed by atoms with van der Waals surface area (Å²) in [7, 11) is -3.72. The Morgan fingerprint density at radius 3 is 2.57 bits per heavy atom. The first-order valence-electron chi connectivity index (χ1n) is 11.6. The van der Waals surface area contributed by atoms with Crippen molar-refractivity contribution in [2.75, 3.05) is 18.5 Å². The lowest BCUT2D eigenvalue weighted by Gasteiger charge is -2.32. The Labute approximate surface area is 209 Å². The summed E-state index contributed by atoms with van der Waals surface area (Å²) in [4.78, 5) is 26.6. The molecule has 0 aliphatic carbocycles. The molecule has 1 amide bonds. The molecule has 1 saturated heterocycles. The van der Waals surface area contributed by atoms with Crippen molar-refractivity contribution in [3.05, 3.63) is 71.8 Å². The molecule has 0 radical (unpaired) electrons. The van der Waals surface area contributed by atoms with Gasteiger partial charge in [0.15, 0.2) is 0 Å². The van der Waals surface area contributed by atoms with Crippen LogP contribution in [0.3, 0.4) is 0 Å². The quantitative estimate of drug-likeness (QED) is 0.428. The summed E-state index contributed by atoms with van der Waals surface area (Å²) in [5.74, 6) is -1.03. The highest BCUT2D eigenvalue weighted by atomic mass is 32.2. The van der Waals surface area contributed by atoms with Crippen molar-refractivity contribution in [1.29, 1.82) is 0 Å². The van der Waals surface area contributed by atoms with Crippen LogP contribution in [-0.2, 0) is 14.8 Å². The molecule has 184 valence electrons. The van der Waals surface area contributed by atoms with Gasteiger partial charge in [0.1, 0.15) is 5.00 Å². The number of carbonyl (C=O) groups excluding carboxylic acids is 2. The van der Waals surface area contributed by atoms with Gasteiger partial charge < -0.3 is 10.1 Å². The smallest absolute Gasteiger partial charge is 0.341 e. The number of benzene rings is 2. The topological polar surface area (TPSA) is 92.8 Å². The zero-order valence-electron chi connectivity index (χ0n) is 19.7. The molecule has 2 aromatic carbocycles. The fourth-order valence-corrected chi connectivity index (χ4v) is 6.92. The monoisotopic (exact) mass is 512 g/mol. The molecule has 0 spiro atoms. The molecule has 1 atom stereocenters. The van der Waals surface area contributed by atoms with Crippen molar-refractivity contribution in [1.82, 2.24) is 4.31 Å². The number of hydrogen-bond donors (Lipinski definition) is 1. The molecule has 0 unspecified atom stereocenters. The second kappa shape index (κ2) is 10.7. The number of nitrogens with one attached hydrogen (secondary N) is 1. The minimum atomic E-state index is -3.72. The lowest BCUT2D eigenvalue weighted by Crippen LogP contribution is -2.41. The number of ether oxygens (including phenoxy) is 1. The highest BCUT2D eigenvalue weighted by Gasteiger charge is 2.31. The molecule has 0 bridgehead atoms. The van der Waals surface area contributed by atoms with E-state index in [1.165, 1.54) is 27.8 Å². The van der Waals surface area contributed by atoms with Crippen LogP contribution in [0.2, 0.25) is 0 Å². The average molecular weight is 513 g/mol. The Balaban J connectivity index is 1.62. The first-order valence-corrected chi connectivity index (χ1v) is 13.9. The molecule has 1 N–H and O–H groups in total. The first-order chi connectivity index (χ1) is 16.8. The van der Waals surface area contributed by atoms with Crippen LogP contribution >= 0.6 is 11.3 Å². The van der Waals surface area contributed by atoms with Crippen molar-refractivity contribution in [2.45, 2.75) is 44.0 Å². The summed E-state index contributed by atoms with van der Waals surface area (Å²) in [5, 5.41) is 3.15. The van der Waals surface area contributed by atoms with Crippen molar-refractivity contribution in [3.8, 4) is 10.4 Å². The van der Waals surface area contributed by atoms with E-state index < -0.39 is 21.9 Å². The lowest BCUT2D eigenvalue weighted by atomic mass is 10.1. The molecule has 35 heavy (non-hydrogen) atoms. The molecule has 0 saturated carbocycles. The Morgan fingerprint density at radius 1 is 1.09 bits per heavy atom. The second-order valence-electron chi connectivity index (χ2n) is 8.38. The van der Waals surface area contributed by atoms with E-state index in [0.29, 0.717) is 11.5 Å². The molecule has 9 heteroatoms. The number of carbonyl (C=O) groups is 2. The number of amides is 1. The zero-order valence-corrected chi connectivity index (χ0v) is 21.3. The van der Waals surface area contributed by atoms with Gasteiger partial charge in [-0.15, -0.1) is 11.3 Å². The van der Waals surface area contributed by atoms with Gasteiger partial charge in [0.25, 0.3) is 5.91 Å². The van der Waals surface area contributed by atoms with Gasteiger partial charge in [0.2, 0.25) is 10.0 Å². The molecule has 1 aromatic heterocycles. The van der Waals surface area contributed by atoms with E-state index in [9.17, 15) is 18.0 Å². The predicted octanol–water partition coefficient (Wildman–Crippen LogP) is 5.41. The number of esters is 1. The highest BCUT2D eigenvalue weighted by Crippen LogP contribution is 2.36. The van der Waals surface area contributed by atoms with Crippen LogP contribution in [-0.4, -0.2) is 43.8 Å². The van der Waals surface area contributed by atoms with Crippen LogP contribution in [0.15, 0.2) is 65.6 Å². The summed E-state index contributed by atoms with van der Waals surface area (Å²) in [6, 6.07) is 17.2. The third-order valence-corrected chi connectivity index (χ3v) is 9.07. The van der Waals surface area contributed by atoms with E-state index >= 15 is 0 Å². The van der Waals surface area contributed by atoms with Gasteiger partial charge in [-0.2, -0.15) is 4.31 Å². The summed E-state index contributed by atoms with van der Waals surface area (Å²) in [6.45, 7) is 4.30. The zero-order chi connectivity index (χ0) is 25.0. The van der Waals surface area contributed by atoms with Crippen LogP contribution in [0, 0.1) is 0 Å². The van der Waals surface area contributed by atoms with Crippen molar-refractivity contribution >= 4 is 38.2 Å². The average Bonchev–Trinajstić information content (AvgIpc) is 3.29. The first kappa shape index (κ1) is 25.1. The van der Waals surface area contributed by atoms with Crippen LogP contribution in [0.5, 0.6) is 0 Å². The lowest BCUT2D eigenvalue weighted by molar-refractivity contribution is 0.0528. The molecule has 7 nitrogen and oxygen atoms in total. The number of nitrogens with zero attached hydrogens (tertiary/aromatic N) is 1. The molecular formula is C26H28N2O5S2. The fourth-order valence-electron chi connectivity index (χ4n) is 4.13. The maximum absolute atomic E-state index is 13.2. The SMILES string of the molecule is CCOC(=O)c1cc(-c2ccccc2)sc1NC(=O)c1cccc(S(=O)(=O)N2CCCC[C@@H]2C)c1. The second-order valence-corrected chi connectivity index (χ2v) is 11.3. The molecule has 3 aromatic rings. The van der Waals surface area contributed by atoms with E-state index in [1.54, 1.807) is 25.1 Å². The molecule has 1 fully saturated rings. The van der Waals surface area contributed by atoms with Gasteiger partial charge in [-0.25, -0.2) is 13.2 Å². The molecular weight excluding hydrogens is 484 g/mol. The van der Waals surface area contributed by atoms with Crippen molar-refractivity contribution in [3.63, 3.8) is 0 Å². The molecule has 2 heterocycles. The summed E-state index contributed by atoms with van der Waals surface area (Å²) in [5.41, 5.74) is 1.36. The number of thiophene rings is 1. The fraction of sp³-hybridized carbons (Fsp3) is 0.308. The summed E-state index contributed by atoms with van der Waals surface area (Å²) >= 11 is 1.26. The van der Waals surface area contributed by atoms with Crippen molar-refractivity contribution in [2.24, 2.45) is 0 Å². The van der Waals surface area contributed by atoms with E-state index in [0.717, 1.165) is 29.7 Å². The van der Waals surface area contributed by atoms with Crippen LogP contribution < -0.4 is 5.32 Å². The third kappa shape index (κ3) is 5.47. The number of rotatable bonds is 7. The maximum Gasteiger partial charge on any atom is 0.341 e. The molecule has 1 aliphatic rings. The standard InChI is InChI=1S/C26H28N2O5S2/c1-3-33-26(30)22-17-23(19-11-5-4-6-12-19)34-25(22)27-24(29)20-13-9-14-21(16-20)35(31,32)28-15-8-7-10-18(28)2/h4-6,9,11-14,16-18H,3,7-8,10,15H2,1-2H3,(H,27,29)/t18-/m0/s1. The van der Waals surface area contributed by atoms with E-state index in [-0.39, 0.29) is 28.7 Å². The number of sulfonamides is 1. The van der Waals surface area contributed by atoms with Gasteiger partial charge in [-0.1, -0.05) is 42.8 Å². The molecule has 4 rings (SSSR count). The van der Waals surface area contributed by atoms with E-state index in [4.69, 9.17) is 4.74 Å². The van der Waals surface area contributed by atoms with E-state index in [1.807, 2.05) is 37.3 Å². The Kier molecular flexibility index (Phi) is 7.69. The Bertz CT molecular complexity index is 1320. The van der Waals surface area contributed by atoms with Crippen LogP contribution in [0.1, 0.15) is 53.8 Å². The van der Waals surface area contributed by atoms with Gasteiger partial charge in [-0.3, -0.25) is 4.79 Å². The van der Waals surface area contributed by atoms with Crippen LogP contribution in [0.25, 0.3) is 10.4 Å². The normalized spacial score (nSPS) is 16.6. The minimum absolute atomic E-state index is 0.0825. The summed E-state index contributed by atoms with van der Waals surface area (Å²) < 4.78 is 33.2. The maximum atomic E-state index is 13.2. The minimum Gasteiger partial charge on any atom is -0.462 e. The van der Waals surface area contributed by atoms with E-state index in [2.05, 4.69) is 5.32 Å². The van der Waals surface area contributed by atoms with Gasteiger partial charge in [-0.05, 0) is 56.5 Å². The summed E-state index contributed by atoms with van der Waals surface area (Å²) in [6.07, 6.45) is 2.64. The Hall–Kier alpha value is -3.01. The van der Waals surface area contributed by atoms with Gasteiger partial charge >= 0.3 is 5.97 Å². The van der Waals surface area contributed by atoms with Crippen LogP contribution in [0.4, 0.5) is 5.00 Å². The van der Waals surface area contributed by atoms with Gasteiger partial charge in [0, 0.05) is 23.0 Å². The molecule has 1 aliphatic heterocycles. The number of piperidine rings is 1. The highest BCUT2D eigenvalue weighted by molar-refractivity contribution is 7.89. The third-order valence-electron chi connectivity index (χ3n) is 5.96. The van der Waals surface area contributed by atoms with Gasteiger partial charge in [0.05, 0.1) is 17.1 Å². The predicted molar refractivity (Wildman–Crippen MR) is 137 cm³/mol. The van der Waals surface area contributed by atoms with Crippen molar-refractivity contribution < 1.29 is 22.7 Å². The Morgan fingerprint density at radius 2 is 1.86 bits per heavy atom. The number of hydrogen-bond acceptors (Lipinski definition) is 6.